The van der Waals surface area contributed by atoms with Crippen molar-refractivity contribution in [2.24, 2.45) is 5.92 Å². The molecular weight excluding hydrogens is 281 g/mol. The number of anilines is 1. The van der Waals surface area contributed by atoms with Crippen molar-refractivity contribution in [1.82, 2.24) is 14.9 Å². The fraction of sp³-hybridized carbons (Fsp3) is 0.714. The molecule has 1 atom stereocenters. The van der Waals surface area contributed by atoms with Gasteiger partial charge in [-0.25, -0.2) is 9.97 Å². The Hall–Kier alpha value is -1.37. The number of rotatable bonds is 5. The molecular formula is C14H21F3N4. The van der Waals surface area contributed by atoms with Crippen molar-refractivity contribution in [2.45, 2.75) is 32.9 Å². The highest BCUT2D eigenvalue weighted by molar-refractivity contribution is 5.36. The van der Waals surface area contributed by atoms with E-state index in [1.165, 1.54) is 4.90 Å². The third-order valence-electron chi connectivity index (χ3n) is 3.60. The molecule has 1 unspecified atom stereocenters. The fourth-order valence-electron chi connectivity index (χ4n) is 2.63. The Bertz CT molecular complexity index is 476. The first-order valence-electron chi connectivity index (χ1n) is 7.23. The van der Waals surface area contributed by atoms with Crippen LogP contribution in [0.2, 0.25) is 0 Å². The molecule has 7 heteroatoms. The monoisotopic (exact) mass is 302 g/mol. The minimum absolute atomic E-state index is 0.229. The number of halogens is 3. The van der Waals surface area contributed by atoms with Crippen molar-refractivity contribution in [1.29, 1.82) is 0 Å². The molecule has 1 saturated heterocycles. The normalized spacial score (nSPS) is 20.0. The van der Waals surface area contributed by atoms with Gasteiger partial charge < -0.3 is 5.32 Å². The summed E-state index contributed by atoms with van der Waals surface area (Å²) >= 11 is 0. The van der Waals surface area contributed by atoms with Gasteiger partial charge in [-0.2, -0.15) is 13.2 Å². The largest absolute Gasteiger partial charge is 0.401 e. The summed E-state index contributed by atoms with van der Waals surface area (Å²) in [7, 11) is 0. The summed E-state index contributed by atoms with van der Waals surface area (Å²) in [5.74, 6) is 1.70. The Labute approximate surface area is 122 Å². The number of hydrogen-bond acceptors (Lipinski definition) is 4. The number of likely N-dealkylation sites (tertiary alicyclic amines) is 1. The van der Waals surface area contributed by atoms with Crippen molar-refractivity contribution < 1.29 is 13.2 Å². The molecule has 1 aromatic rings. The average molecular weight is 302 g/mol. The highest BCUT2D eigenvalue weighted by atomic mass is 19.4. The van der Waals surface area contributed by atoms with Crippen LogP contribution in [0.4, 0.5) is 19.0 Å². The van der Waals surface area contributed by atoms with E-state index in [1.807, 2.05) is 19.9 Å². The maximum atomic E-state index is 12.3. The number of hydrogen-bond donors (Lipinski definition) is 1. The third kappa shape index (κ3) is 5.15. The lowest BCUT2D eigenvalue weighted by molar-refractivity contribution is -0.143. The van der Waals surface area contributed by atoms with Crippen LogP contribution < -0.4 is 5.32 Å². The molecule has 2 rings (SSSR count). The minimum atomic E-state index is -4.11. The van der Waals surface area contributed by atoms with Gasteiger partial charge in [0.05, 0.1) is 6.54 Å². The zero-order chi connectivity index (χ0) is 15.5. The van der Waals surface area contributed by atoms with Crippen LogP contribution in [0.3, 0.4) is 0 Å². The second kappa shape index (κ2) is 6.60. The summed E-state index contributed by atoms with van der Waals surface area (Å²) in [6, 6.07) is 1.90. The highest BCUT2D eigenvalue weighted by Gasteiger charge is 2.34. The first-order chi connectivity index (χ1) is 9.85. The van der Waals surface area contributed by atoms with Crippen molar-refractivity contribution in [3.63, 3.8) is 0 Å². The molecule has 0 amide bonds. The number of nitrogens with zero attached hydrogens (tertiary/aromatic N) is 3. The van der Waals surface area contributed by atoms with Gasteiger partial charge in [0.25, 0.3) is 0 Å². The SMILES string of the molecule is CCc1cc(NCC2CCN(CC(F)(F)F)C2)nc(C)n1. The lowest BCUT2D eigenvalue weighted by atomic mass is 10.1. The summed E-state index contributed by atoms with van der Waals surface area (Å²) < 4.78 is 37.0. The highest BCUT2D eigenvalue weighted by Crippen LogP contribution is 2.23. The Morgan fingerprint density at radius 1 is 1.38 bits per heavy atom. The van der Waals surface area contributed by atoms with Gasteiger partial charge >= 0.3 is 6.18 Å². The maximum Gasteiger partial charge on any atom is 0.401 e. The van der Waals surface area contributed by atoms with E-state index in [4.69, 9.17) is 0 Å². The number of nitrogens with one attached hydrogen (secondary N) is 1. The first kappa shape index (κ1) is 16.0. The lowest BCUT2D eigenvalue weighted by Gasteiger charge is -2.18. The smallest absolute Gasteiger partial charge is 0.370 e. The minimum Gasteiger partial charge on any atom is -0.370 e. The van der Waals surface area contributed by atoms with E-state index in [9.17, 15) is 13.2 Å². The molecule has 1 aliphatic rings. The Morgan fingerprint density at radius 3 is 2.81 bits per heavy atom. The third-order valence-corrected chi connectivity index (χ3v) is 3.60. The molecule has 1 aliphatic heterocycles. The second-order valence-corrected chi connectivity index (χ2v) is 5.53. The van der Waals surface area contributed by atoms with Gasteiger partial charge in [0.15, 0.2) is 0 Å². The van der Waals surface area contributed by atoms with Gasteiger partial charge in [-0.3, -0.25) is 4.90 Å². The van der Waals surface area contributed by atoms with Gasteiger partial charge in [-0.15, -0.1) is 0 Å². The van der Waals surface area contributed by atoms with Gasteiger partial charge in [-0.05, 0) is 32.2 Å². The molecule has 1 aromatic heterocycles. The second-order valence-electron chi connectivity index (χ2n) is 5.53. The molecule has 118 valence electrons. The zero-order valence-corrected chi connectivity index (χ0v) is 12.4. The molecule has 0 spiro atoms. The number of aromatic nitrogens is 2. The van der Waals surface area contributed by atoms with Crippen LogP contribution in [0, 0.1) is 12.8 Å². The van der Waals surface area contributed by atoms with E-state index < -0.39 is 12.7 Å². The van der Waals surface area contributed by atoms with E-state index >= 15 is 0 Å². The van der Waals surface area contributed by atoms with Crippen LogP contribution in [0.5, 0.6) is 0 Å². The van der Waals surface area contributed by atoms with Gasteiger partial charge in [0.1, 0.15) is 11.6 Å². The van der Waals surface area contributed by atoms with Crippen LogP contribution in [0.1, 0.15) is 24.9 Å². The quantitative estimate of drug-likeness (QED) is 0.908. The Balaban J connectivity index is 1.83. The predicted octanol–water partition coefficient (Wildman–Crippen LogP) is 2.64. The van der Waals surface area contributed by atoms with Gasteiger partial charge in [0.2, 0.25) is 0 Å². The van der Waals surface area contributed by atoms with Crippen LogP contribution in [0.25, 0.3) is 0 Å². The van der Waals surface area contributed by atoms with Crippen molar-refractivity contribution >= 4 is 5.82 Å². The Morgan fingerprint density at radius 2 is 2.14 bits per heavy atom. The summed E-state index contributed by atoms with van der Waals surface area (Å²) in [5, 5.41) is 3.23. The summed E-state index contributed by atoms with van der Waals surface area (Å²) in [6.45, 7) is 4.69. The van der Waals surface area contributed by atoms with Crippen LogP contribution >= 0.6 is 0 Å². The molecule has 0 aliphatic carbocycles. The van der Waals surface area contributed by atoms with Crippen LogP contribution in [-0.2, 0) is 6.42 Å². The molecule has 2 heterocycles. The average Bonchev–Trinajstić information content (AvgIpc) is 2.81. The molecule has 21 heavy (non-hydrogen) atoms. The topological polar surface area (TPSA) is 41.0 Å². The van der Waals surface area contributed by atoms with Crippen molar-refractivity contribution in [2.75, 3.05) is 31.5 Å². The van der Waals surface area contributed by atoms with Crippen LogP contribution in [-0.4, -0.2) is 47.2 Å². The van der Waals surface area contributed by atoms with E-state index in [1.54, 1.807) is 0 Å². The maximum absolute atomic E-state index is 12.3. The molecule has 1 fully saturated rings. The van der Waals surface area contributed by atoms with Gasteiger partial charge in [-0.1, -0.05) is 6.92 Å². The lowest BCUT2D eigenvalue weighted by Crippen LogP contribution is -2.33. The standard InChI is InChI=1S/C14H21F3N4/c1-3-12-6-13(20-10(2)19-12)18-7-11-4-5-21(8-11)9-14(15,16)17/h6,11H,3-5,7-9H2,1-2H3,(H,18,19,20). The molecule has 0 bridgehead atoms. The van der Waals surface area contributed by atoms with E-state index in [0.717, 1.165) is 24.4 Å². The molecule has 0 aromatic carbocycles. The predicted molar refractivity (Wildman–Crippen MR) is 75.2 cm³/mol. The van der Waals surface area contributed by atoms with E-state index in [0.29, 0.717) is 25.5 Å². The molecule has 0 saturated carbocycles. The summed E-state index contributed by atoms with van der Waals surface area (Å²) in [6.07, 6.45) is -2.49. The summed E-state index contributed by atoms with van der Waals surface area (Å²) in [4.78, 5) is 10.1. The Kier molecular flexibility index (Phi) is 5.03. The van der Waals surface area contributed by atoms with Crippen molar-refractivity contribution in [3.8, 4) is 0 Å². The summed E-state index contributed by atoms with van der Waals surface area (Å²) in [5.41, 5.74) is 0.968. The molecule has 0 radical (unpaired) electrons. The first-order valence-corrected chi connectivity index (χ1v) is 7.23. The van der Waals surface area contributed by atoms with E-state index in [-0.39, 0.29) is 5.92 Å². The van der Waals surface area contributed by atoms with Crippen molar-refractivity contribution in [3.05, 3.63) is 17.6 Å². The van der Waals surface area contributed by atoms with Crippen LogP contribution in [0.15, 0.2) is 6.07 Å². The number of aryl methyl sites for hydroxylation is 2. The number of alkyl halides is 3. The fourth-order valence-corrected chi connectivity index (χ4v) is 2.63. The molecule has 4 nitrogen and oxygen atoms in total. The van der Waals surface area contributed by atoms with E-state index in [2.05, 4.69) is 15.3 Å². The zero-order valence-electron chi connectivity index (χ0n) is 12.4. The molecule has 1 N–H and O–H groups in total. The van der Waals surface area contributed by atoms with Gasteiger partial charge in [0, 0.05) is 24.8 Å².